The van der Waals surface area contributed by atoms with Crippen LogP contribution in [0.1, 0.15) is 13.8 Å². The first-order chi connectivity index (χ1) is 7.89. The molecule has 0 aromatic heterocycles. The SMILES string of the molecule is CC(C)(O)P1COc2cccc(OC(=O)O)c21. The van der Waals surface area contributed by atoms with Gasteiger partial charge in [-0.05, 0) is 26.0 Å². The molecule has 1 aromatic rings. The average Bonchev–Trinajstić information content (AvgIpc) is 2.60. The number of fused-ring (bicyclic) bond motifs is 1. The van der Waals surface area contributed by atoms with Crippen LogP contribution < -0.4 is 14.8 Å². The number of rotatable bonds is 2. The van der Waals surface area contributed by atoms with Crippen molar-refractivity contribution < 1.29 is 24.5 Å². The molecule has 0 saturated heterocycles. The topological polar surface area (TPSA) is 76.0 Å². The van der Waals surface area contributed by atoms with Crippen molar-refractivity contribution >= 4 is 19.4 Å². The minimum absolute atomic E-state index is 0.251. The van der Waals surface area contributed by atoms with E-state index in [2.05, 4.69) is 0 Å². The van der Waals surface area contributed by atoms with Crippen molar-refractivity contribution in [3.8, 4) is 11.5 Å². The van der Waals surface area contributed by atoms with Gasteiger partial charge in [-0.3, -0.25) is 0 Å². The van der Waals surface area contributed by atoms with Gasteiger partial charge in [0.05, 0.1) is 10.6 Å². The lowest BCUT2D eigenvalue weighted by Crippen LogP contribution is -2.23. The number of carboxylic acid groups (broad SMARTS) is 1. The number of benzene rings is 1. The van der Waals surface area contributed by atoms with E-state index >= 15 is 0 Å². The van der Waals surface area contributed by atoms with Gasteiger partial charge in [-0.25, -0.2) is 4.79 Å². The fourth-order valence-corrected chi connectivity index (χ4v) is 3.74. The van der Waals surface area contributed by atoms with Crippen molar-refractivity contribution in [1.82, 2.24) is 0 Å². The van der Waals surface area contributed by atoms with Crippen molar-refractivity contribution in [2.75, 3.05) is 6.35 Å². The summed E-state index contributed by atoms with van der Waals surface area (Å²) < 4.78 is 10.2. The molecule has 1 aromatic carbocycles. The average molecular weight is 256 g/mol. The van der Waals surface area contributed by atoms with Crippen molar-refractivity contribution in [2.24, 2.45) is 0 Å². The molecule has 92 valence electrons. The molecule has 2 N–H and O–H groups in total. The highest BCUT2D eigenvalue weighted by molar-refractivity contribution is 7.67. The van der Waals surface area contributed by atoms with Crippen LogP contribution in [0.3, 0.4) is 0 Å². The molecule has 6 heteroatoms. The van der Waals surface area contributed by atoms with Crippen LogP contribution in [-0.2, 0) is 0 Å². The minimum Gasteiger partial charge on any atom is -0.488 e. The second kappa shape index (κ2) is 4.17. The zero-order chi connectivity index (χ0) is 12.6. The fraction of sp³-hybridized carbons (Fsp3) is 0.364. The predicted octanol–water partition coefficient (Wildman–Crippen LogP) is 1.93. The fourth-order valence-electron chi connectivity index (χ4n) is 1.69. The molecule has 2 rings (SSSR count). The van der Waals surface area contributed by atoms with Gasteiger partial charge < -0.3 is 19.7 Å². The van der Waals surface area contributed by atoms with Gasteiger partial charge >= 0.3 is 6.16 Å². The number of hydrogen-bond acceptors (Lipinski definition) is 4. The van der Waals surface area contributed by atoms with Crippen LogP contribution in [0, 0.1) is 0 Å². The molecule has 0 saturated carbocycles. The van der Waals surface area contributed by atoms with E-state index in [1.807, 2.05) is 0 Å². The molecule has 1 aliphatic heterocycles. The third-order valence-corrected chi connectivity index (χ3v) is 5.13. The van der Waals surface area contributed by atoms with Gasteiger partial charge in [0.2, 0.25) is 0 Å². The van der Waals surface area contributed by atoms with Crippen molar-refractivity contribution in [1.29, 1.82) is 0 Å². The highest BCUT2D eigenvalue weighted by atomic mass is 31.1. The Bertz CT molecular complexity index is 452. The standard InChI is InChI=1S/C11H13O5P/c1-11(2,14)17-6-15-7-4-3-5-8(9(7)17)16-10(12)13/h3-5,14H,6H2,1-2H3,(H,12,13). The lowest BCUT2D eigenvalue weighted by atomic mass is 10.3. The van der Waals surface area contributed by atoms with Crippen molar-refractivity contribution in [3.63, 3.8) is 0 Å². The first-order valence-electron chi connectivity index (χ1n) is 5.06. The van der Waals surface area contributed by atoms with Crippen LogP contribution in [0.25, 0.3) is 0 Å². The maximum atomic E-state index is 10.6. The Morgan fingerprint density at radius 3 is 2.82 bits per heavy atom. The normalized spacial score (nSPS) is 18.4. The van der Waals surface area contributed by atoms with E-state index in [1.165, 1.54) is 0 Å². The molecule has 0 bridgehead atoms. The number of hydrogen-bond donors (Lipinski definition) is 2. The summed E-state index contributed by atoms with van der Waals surface area (Å²) in [4.78, 5) is 10.6. The number of aliphatic hydroxyl groups is 1. The van der Waals surface area contributed by atoms with E-state index in [0.717, 1.165) is 0 Å². The molecule has 1 atom stereocenters. The Morgan fingerprint density at radius 2 is 2.24 bits per heavy atom. The Balaban J connectivity index is 2.45. The Morgan fingerprint density at radius 1 is 1.53 bits per heavy atom. The highest BCUT2D eigenvalue weighted by Gasteiger charge is 2.38. The molecule has 0 radical (unpaired) electrons. The third-order valence-electron chi connectivity index (χ3n) is 2.44. The largest absolute Gasteiger partial charge is 0.511 e. The molecule has 0 spiro atoms. The molecule has 5 nitrogen and oxygen atoms in total. The summed E-state index contributed by atoms with van der Waals surface area (Å²) in [7, 11) is -1.01. The summed E-state index contributed by atoms with van der Waals surface area (Å²) in [5.74, 6) is 0.845. The molecule has 1 unspecified atom stereocenters. The second-order valence-corrected chi connectivity index (χ2v) is 6.82. The van der Waals surface area contributed by atoms with Gasteiger partial charge in [0.1, 0.15) is 17.8 Å². The number of ether oxygens (including phenoxy) is 2. The van der Waals surface area contributed by atoms with E-state index < -0.39 is 19.4 Å². The van der Waals surface area contributed by atoms with Crippen LogP contribution in [0.15, 0.2) is 18.2 Å². The third kappa shape index (κ3) is 2.35. The summed E-state index contributed by atoms with van der Waals surface area (Å²) in [6.45, 7) is 3.38. The first-order valence-corrected chi connectivity index (χ1v) is 6.59. The lowest BCUT2D eigenvalue weighted by Gasteiger charge is -2.25. The van der Waals surface area contributed by atoms with E-state index in [-0.39, 0.29) is 5.75 Å². The summed E-state index contributed by atoms with van der Waals surface area (Å²) in [5, 5.41) is 18.5. The summed E-state index contributed by atoms with van der Waals surface area (Å²) in [5.41, 5.74) is 0. The molecule has 0 amide bonds. The van der Waals surface area contributed by atoms with Gasteiger partial charge in [-0.15, -0.1) is 0 Å². The van der Waals surface area contributed by atoms with E-state index in [4.69, 9.17) is 14.6 Å². The van der Waals surface area contributed by atoms with Gasteiger partial charge in [-0.2, -0.15) is 0 Å². The Hall–Kier alpha value is -1.32. The summed E-state index contributed by atoms with van der Waals surface area (Å²) in [6, 6.07) is 4.99. The van der Waals surface area contributed by atoms with Crippen molar-refractivity contribution in [2.45, 2.75) is 19.2 Å². The molecule has 0 fully saturated rings. The number of carbonyl (C=O) groups is 1. The van der Waals surface area contributed by atoms with Crippen molar-refractivity contribution in [3.05, 3.63) is 18.2 Å². The summed E-state index contributed by atoms with van der Waals surface area (Å²) >= 11 is 0. The zero-order valence-electron chi connectivity index (χ0n) is 9.51. The van der Waals surface area contributed by atoms with Crippen LogP contribution in [-0.4, -0.2) is 28.1 Å². The van der Waals surface area contributed by atoms with E-state index in [9.17, 15) is 9.90 Å². The second-order valence-electron chi connectivity index (χ2n) is 4.17. The molecule has 1 aliphatic rings. The quantitative estimate of drug-likeness (QED) is 0.480. The van der Waals surface area contributed by atoms with E-state index in [0.29, 0.717) is 17.4 Å². The molecule has 17 heavy (non-hydrogen) atoms. The Labute approximate surface area is 99.7 Å². The van der Waals surface area contributed by atoms with Crippen LogP contribution in [0.2, 0.25) is 0 Å². The predicted molar refractivity (Wildman–Crippen MR) is 63.4 cm³/mol. The van der Waals surface area contributed by atoms with Gasteiger partial charge in [0, 0.05) is 7.92 Å². The van der Waals surface area contributed by atoms with Gasteiger partial charge in [0.15, 0.2) is 0 Å². The lowest BCUT2D eigenvalue weighted by molar-refractivity contribution is 0.144. The monoisotopic (exact) mass is 256 g/mol. The first kappa shape index (κ1) is 12.1. The maximum Gasteiger partial charge on any atom is 0.511 e. The van der Waals surface area contributed by atoms with Crippen LogP contribution in [0.5, 0.6) is 11.5 Å². The molecule has 0 aliphatic carbocycles. The maximum absolute atomic E-state index is 10.6. The van der Waals surface area contributed by atoms with E-state index in [1.54, 1.807) is 32.0 Å². The summed E-state index contributed by atoms with van der Waals surface area (Å²) in [6.07, 6.45) is -0.982. The van der Waals surface area contributed by atoms with Gasteiger partial charge in [0.25, 0.3) is 0 Å². The van der Waals surface area contributed by atoms with Crippen LogP contribution in [0.4, 0.5) is 4.79 Å². The molecular formula is C11H13O5P. The molecular weight excluding hydrogens is 243 g/mol. The molecule has 1 heterocycles. The van der Waals surface area contributed by atoms with Gasteiger partial charge in [-0.1, -0.05) is 6.07 Å². The minimum atomic E-state index is -1.36. The Kier molecular flexibility index (Phi) is 2.98. The van der Waals surface area contributed by atoms with Crippen LogP contribution >= 0.6 is 7.92 Å². The zero-order valence-corrected chi connectivity index (χ0v) is 10.4. The smallest absolute Gasteiger partial charge is 0.488 e. The highest BCUT2D eigenvalue weighted by Crippen LogP contribution is 2.54.